The topological polar surface area (TPSA) is 84.9 Å². The van der Waals surface area contributed by atoms with Gasteiger partial charge in [0.1, 0.15) is 0 Å². The fourth-order valence-corrected chi connectivity index (χ4v) is 1.68. The van der Waals surface area contributed by atoms with Gasteiger partial charge >= 0.3 is 5.97 Å². The number of rotatable bonds is 9. The number of carbonyl (C=O) groups excluding carboxylic acids is 1. The molecule has 0 spiro atoms. The molecule has 2 N–H and O–H groups in total. The van der Waals surface area contributed by atoms with Gasteiger partial charge in [-0.3, -0.25) is 9.59 Å². The SMILES string of the molecule is CCCOc1ccc(C(=O)NCC(C)C(=O)O)cc1OCC. The molecule has 0 aromatic heterocycles. The van der Waals surface area contributed by atoms with Crippen LogP contribution in [-0.2, 0) is 4.79 Å². The molecular weight excluding hydrogens is 286 g/mol. The van der Waals surface area contributed by atoms with Crippen LogP contribution in [0.15, 0.2) is 18.2 Å². The lowest BCUT2D eigenvalue weighted by Gasteiger charge is -2.13. The molecule has 0 heterocycles. The lowest BCUT2D eigenvalue weighted by atomic mass is 10.1. The molecule has 0 aliphatic heterocycles. The standard InChI is InChI=1S/C16H23NO5/c1-4-8-22-13-7-6-12(9-14(13)21-5-2)15(18)17-10-11(3)16(19)20/h6-7,9,11H,4-5,8,10H2,1-3H3,(H,17,18)(H,19,20). The minimum Gasteiger partial charge on any atom is -0.490 e. The van der Waals surface area contributed by atoms with Crippen LogP contribution in [0.2, 0.25) is 0 Å². The molecule has 0 fully saturated rings. The average molecular weight is 309 g/mol. The van der Waals surface area contributed by atoms with E-state index in [1.165, 1.54) is 6.92 Å². The van der Waals surface area contributed by atoms with Crippen molar-refractivity contribution in [1.29, 1.82) is 0 Å². The van der Waals surface area contributed by atoms with Gasteiger partial charge in [-0.05, 0) is 31.5 Å². The molecule has 1 atom stereocenters. The van der Waals surface area contributed by atoms with Crippen molar-refractivity contribution >= 4 is 11.9 Å². The van der Waals surface area contributed by atoms with Crippen LogP contribution >= 0.6 is 0 Å². The molecule has 0 radical (unpaired) electrons. The summed E-state index contributed by atoms with van der Waals surface area (Å²) in [7, 11) is 0. The second kappa shape index (κ2) is 8.92. The van der Waals surface area contributed by atoms with Crippen molar-refractivity contribution < 1.29 is 24.2 Å². The van der Waals surface area contributed by atoms with Crippen molar-refractivity contribution in [3.63, 3.8) is 0 Å². The normalized spacial score (nSPS) is 11.6. The molecule has 1 amide bonds. The summed E-state index contributed by atoms with van der Waals surface area (Å²) in [5.41, 5.74) is 0.407. The Labute approximate surface area is 130 Å². The minimum absolute atomic E-state index is 0.0756. The van der Waals surface area contributed by atoms with Crippen LogP contribution in [0.25, 0.3) is 0 Å². The molecule has 6 heteroatoms. The van der Waals surface area contributed by atoms with Crippen LogP contribution in [0.1, 0.15) is 37.6 Å². The molecule has 0 aliphatic carbocycles. The summed E-state index contributed by atoms with van der Waals surface area (Å²) in [6.07, 6.45) is 0.876. The molecule has 0 saturated carbocycles. The van der Waals surface area contributed by atoms with E-state index in [4.69, 9.17) is 14.6 Å². The van der Waals surface area contributed by atoms with Gasteiger partial charge in [-0.25, -0.2) is 0 Å². The predicted molar refractivity (Wildman–Crippen MR) is 82.5 cm³/mol. The maximum absolute atomic E-state index is 12.1. The minimum atomic E-state index is -0.946. The first-order valence-electron chi connectivity index (χ1n) is 7.40. The highest BCUT2D eigenvalue weighted by molar-refractivity contribution is 5.95. The van der Waals surface area contributed by atoms with Crippen molar-refractivity contribution in [3.8, 4) is 11.5 Å². The fourth-order valence-electron chi connectivity index (χ4n) is 1.68. The van der Waals surface area contributed by atoms with Gasteiger partial charge in [-0.15, -0.1) is 0 Å². The number of nitrogens with one attached hydrogen (secondary N) is 1. The molecule has 1 unspecified atom stereocenters. The van der Waals surface area contributed by atoms with Crippen LogP contribution in [0.5, 0.6) is 11.5 Å². The first kappa shape index (κ1) is 17.8. The van der Waals surface area contributed by atoms with E-state index in [0.29, 0.717) is 30.3 Å². The summed E-state index contributed by atoms with van der Waals surface area (Å²) < 4.78 is 11.1. The van der Waals surface area contributed by atoms with E-state index < -0.39 is 11.9 Å². The second-order valence-electron chi connectivity index (χ2n) is 4.89. The largest absolute Gasteiger partial charge is 0.490 e. The van der Waals surface area contributed by atoms with E-state index in [0.717, 1.165) is 6.42 Å². The second-order valence-corrected chi connectivity index (χ2v) is 4.89. The van der Waals surface area contributed by atoms with Crippen LogP contribution in [0.3, 0.4) is 0 Å². The van der Waals surface area contributed by atoms with Crippen LogP contribution < -0.4 is 14.8 Å². The Kier molecular flexibility index (Phi) is 7.22. The quantitative estimate of drug-likeness (QED) is 0.731. The monoisotopic (exact) mass is 309 g/mol. The number of carboxylic acids is 1. The Morgan fingerprint density at radius 1 is 1.23 bits per heavy atom. The van der Waals surface area contributed by atoms with E-state index in [-0.39, 0.29) is 12.5 Å². The van der Waals surface area contributed by atoms with E-state index in [1.807, 2.05) is 13.8 Å². The number of carbonyl (C=O) groups is 2. The van der Waals surface area contributed by atoms with Crippen molar-refractivity contribution in [2.45, 2.75) is 27.2 Å². The zero-order valence-electron chi connectivity index (χ0n) is 13.2. The summed E-state index contributed by atoms with van der Waals surface area (Å²) in [6, 6.07) is 4.93. The number of hydrogen-bond acceptors (Lipinski definition) is 4. The van der Waals surface area contributed by atoms with Gasteiger partial charge in [0.2, 0.25) is 0 Å². The van der Waals surface area contributed by atoms with Gasteiger partial charge < -0.3 is 19.9 Å². The van der Waals surface area contributed by atoms with Gasteiger partial charge in [0.25, 0.3) is 5.91 Å². The molecule has 0 saturated heterocycles. The number of hydrogen-bond donors (Lipinski definition) is 2. The summed E-state index contributed by atoms with van der Waals surface area (Å²) in [4.78, 5) is 22.8. The summed E-state index contributed by atoms with van der Waals surface area (Å²) >= 11 is 0. The Hall–Kier alpha value is -2.24. The molecule has 0 aliphatic rings. The van der Waals surface area contributed by atoms with E-state index in [2.05, 4.69) is 5.32 Å². The Morgan fingerprint density at radius 2 is 1.95 bits per heavy atom. The molecular formula is C16H23NO5. The summed E-state index contributed by atoms with van der Waals surface area (Å²) in [5, 5.41) is 11.4. The Morgan fingerprint density at radius 3 is 2.55 bits per heavy atom. The van der Waals surface area contributed by atoms with Gasteiger partial charge in [-0.1, -0.05) is 13.8 Å². The van der Waals surface area contributed by atoms with Crippen LogP contribution in [-0.4, -0.2) is 36.7 Å². The fraction of sp³-hybridized carbons (Fsp3) is 0.500. The lowest BCUT2D eigenvalue weighted by Crippen LogP contribution is -2.31. The molecule has 6 nitrogen and oxygen atoms in total. The van der Waals surface area contributed by atoms with Crippen LogP contribution in [0, 0.1) is 5.92 Å². The van der Waals surface area contributed by atoms with Crippen molar-refractivity contribution in [2.24, 2.45) is 5.92 Å². The molecule has 22 heavy (non-hydrogen) atoms. The predicted octanol–water partition coefficient (Wildman–Crippen LogP) is 2.32. The van der Waals surface area contributed by atoms with E-state index in [9.17, 15) is 9.59 Å². The molecule has 122 valence electrons. The number of aliphatic carboxylic acids is 1. The smallest absolute Gasteiger partial charge is 0.308 e. The molecule has 1 rings (SSSR count). The van der Waals surface area contributed by atoms with Gasteiger partial charge in [-0.2, -0.15) is 0 Å². The van der Waals surface area contributed by atoms with Gasteiger partial charge in [0, 0.05) is 12.1 Å². The van der Waals surface area contributed by atoms with Gasteiger partial charge in [0.15, 0.2) is 11.5 Å². The average Bonchev–Trinajstić information content (AvgIpc) is 2.51. The lowest BCUT2D eigenvalue weighted by molar-refractivity contribution is -0.140. The Bertz CT molecular complexity index is 515. The first-order chi connectivity index (χ1) is 10.5. The highest BCUT2D eigenvalue weighted by atomic mass is 16.5. The third-order valence-electron chi connectivity index (χ3n) is 2.96. The Balaban J connectivity index is 2.79. The highest BCUT2D eigenvalue weighted by Gasteiger charge is 2.15. The van der Waals surface area contributed by atoms with E-state index in [1.54, 1.807) is 18.2 Å². The van der Waals surface area contributed by atoms with Gasteiger partial charge in [0.05, 0.1) is 19.1 Å². The zero-order valence-corrected chi connectivity index (χ0v) is 13.2. The number of amides is 1. The van der Waals surface area contributed by atoms with Crippen LogP contribution in [0.4, 0.5) is 0 Å². The van der Waals surface area contributed by atoms with Crippen molar-refractivity contribution in [3.05, 3.63) is 23.8 Å². The number of benzene rings is 1. The molecule has 0 bridgehead atoms. The molecule has 1 aromatic rings. The first-order valence-corrected chi connectivity index (χ1v) is 7.40. The third kappa shape index (κ3) is 5.27. The maximum Gasteiger partial charge on any atom is 0.308 e. The third-order valence-corrected chi connectivity index (χ3v) is 2.96. The maximum atomic E-state index is 12.1. The molecule has 1 aromatic carbocycles. The van der Waals surface area contributed by atoms with E-state index >= 15 is 0 Å². The number of ether oxygens (including phenoxy) is 2. The van der Waals surface area contributed by atoms with Crippen molar-refractivity contribution in [1.82, 2.24) is 5.32 Å². The zero-order chi connectivity index (χ0) is 16.5. The number of carboxylic acid groups (broad SMARTS) is 1. The highest BCUT2D eigenvalue weighted by Crippen LogP contribution is 2.28. The van der Waals surface area contributed by atoms with Crippen molar-refractivity contribution in [2.75, 3.05) is 19.8 Å². The summed E-state index contributed by atoms with van der Waals surface area (Å²) in [6.45, 7) is 6.50. The summed E-state index contributed by atoms with van der Waals surface area (Å²) in [5.74, 6) is -0.814.